The molecule has 12 nitrogen and oxygen atoms in total. The Morgan fingerprint density at radius 1 is 0.588 bits per heavy atom. The first-order valence-corrected chi connectivity index (χ1v) is 22.2. The van der Waals surface area contributed by atoms with Gasteiger partial charge in [-0.3, -0.25) is 19.2 Å². The van der Waals surface area contributed by atoms with Crippen molar-refractivity contribution in [2.75, 3.05) is 7.11 Å². The van der Waals surface area contributed by atoms with Crippen LogP contribution in [0.5, 0.6) is 28.7 Å². The van der Waals surface area contributed by atoms with Crippen LogP contribution in [0, 0.1) is 6.92 Å². The van der Waals surface area contributed by atoms with Gasteiger partial charge in [-0.05, 0) is 59.7 Å². The molecule has 7 aromatic carbocycles. The largest absolute Gasteiger partial charge is 0.496 e. The van der Waals surface area contributed by atoms with E-state index in [1.54, 1.807) is 6.07 Å². The Morgan fingerprint density at radius 3 is 1.65 bits per heavy atom. The first-order chi connectivity index (χ1) is 33.2. The molecule has 1 heterocycles. The number of nitrogens with zero attached hydrogens (tertiary/aromatic N) is 2. The molecule has 2 aliphatic carbocycles. The van der Waals surface area contributed by atoms with Gasteiger partial charge in [0.05, 0.1) is 35.4 Å². The molecule has 0 aliphatic heterocycles. The fourth-order valence-corrected chi connectivity index (χ4v) is 9.20. The summed E-state index contributed by atoms with van der Waals surface area (Å²) >= 11 is 0. The number of ether oxygens (including phenoxy) is 5. The third kappa shape index (κ3) is 7.99. The Balaban J connectivity index is 1.23. The highest BCUT2D eigenvalue weighted by Gasteiger charge is 2.44. The molecule has 0 spiro atoms. The molecule has 338 valence electrons. The molecule has 2 aliphatic rings. The molecular formula is C56H44N2O10. The third-order valence-electron chi connectivity index (χ3n) is 12.4. The van der Waals surface area contributed by atoms with Gasteiger partial charge in [-0.25, -0.2) is 4.68 Å². The van der Waals surface area contributed by atoms with Crippen molar-refractivity contribution >= 4 is 28.3 Å². The lowest BCUT2D eigenvalue weighted by atomic mass is 9.75. The predicted octanol–water partition coefficient (Wildman–Crippen LogP) is 9.66. The van der Waals surface area contributed by atoms with Gasteiger partial charge < -0.3 is 28.8 Å². The van der Waals surface area contributed by atoms with Gasteiger partial charge >= 0.3 is 5.97 Å². The average Bonchev–Trinajstić information content (AvgIpc) is 3.36. The minimum absolute atomic E-state index is 0.00358. The Labute approximate surface area is 390 Å². The molecule has 68 heavy (non-hydrogen) atoms. The van der Waals surface area contributed by atoms with Crippen molar-refractivity contribution in [3.05, 3.63) is 211 Å². The van der Waals surface area contributed by atoms with Crippen molar-refractivity contribution in [1.82, 2.24) is 9.78 Å². The molecule has 0 saturated heterocycles. The lowest BCUT2D eigenvalue weighted by Crippen LogP contribution is -2.28. The smallest absolute Gasteiger partial charge is 0.325 e. The summed E-state index contributed by atoms with van der Waals surface area (Å²) in [5.41, 5.74) is 5.57. The van der Waals surface area contributed by atoms with Crippen LogP contribution in [-0.2, 0) is 50.6 Å². The lowest BCUT2D eigenvalue weighted by molar-refractivity contribution is -0.138. The highest BCUT2D eigenvalue weighted by Crippen LogP contribution is 2.56. The molecular weight excluding hydrogens is 861 g/mol. The summed E-state index contributed by atoms with van der Waals surface area (Å²) in [5.74, 6) is -1.26. The van der Waals surface area contributed by atoms with Crippen LogP contribution in [-0.4, -0.2) is 39.5 Å². The normalized spacial score (nSPS) is 12.4. The van der Waals surface area contributed by atoms with E-state index in [1.165, 1.54) is 13.3 Å². The molecule has 10 rings (SSSR count). The first-order valence-electron chi connectivity index (χ1n) is 22.2. The van der Waals surface area contributed by atoms with Gasteiger partial charge in [0.15, 0.2) is 5.78 Å². The summed E-state index contributed by atoms with van der Waals surface area (Å²) in [6, 6.07) is 41.5. The van der Waals surface area contributed by atoms with Crippen LogP contribution in [0.2, 0.25) is 0 Å². The summed E-state index contributed by atoms with van der Waals surface area (Å²) in [7, 11) is 1.46. The summed E-state index contributed by atoms with van der Waals surface area (Å²) in [6.45, 7) is 1.46. The van der Waals surface area contributed by atoms with Crippen LogP contribution >= 0.6 is 0 Å². The van der Waals surface area contributed by atoms with Crippen LogP contribution < -0.4 is 29.2 Å². The van der Waals surface area contributed by atoms with Gasteiger partial charge in [0, 0.05) is 33.2 Å². The number of carbonyl (C=O) groups excluding carboxylic acids is 2. The monoisotopic (exact) mass is 904 g/mol. The number of rotatable bonds is 15. The van der Waals surface area contributed by atoms with Crippen molar-refractivity contribution in [2.45, 2.75) is 52.7 Å². The number of aliphatic carboxylic acids is 1. The Hall–Kier alpha value is -8.51. The number of hydrogen-bond donors (Lipinski definition) is 1. The number of carbonyl (C=O) groups is 3. The average molecular weight is 905 g/mol. The Morgan fingerprint density at radius 2 is 1.10 bits per heavy atom. The zero-order chi connectivity index (χ0) is 46.9. The Bertz CT molecular complexity index is 3330. The molecule has 1 N–H and O–H groups in total. The zero-order valence-corrected chi connectivity index (χ0v) is 37.2. The molecule has 0 radical (unpaired) electrons. The third-order valence-corrected chi connectivity index (χ3v) is 12.4. The highest BCUT2D eigenvalue weighted by atomic mass is 16.5. The number of fused-ring (bicyclic) bond motifs is 6. The molecule has 1 aromatic heterocycles. The van der Waals surface area contributed by atoms with E-state index in [0.29, 0.717) is 46.2 Å². The van der Waals surface area contributed by atoms with Crippen molar-refractivity contribution in [3.8, 4) is 39.9 Å². The number of ketones is 2. The number of hydrogen-bond acceptors (Lipinski definition) is 10. The van der Waals surface area contributed by atoms with Gasteiger partial charge in [-0.2, -0.15) is 5.10 Å². The second-order valence-electron chi connectivity index (χ2n) is 16.7. The minimum atomic E-state index is -1.25. The van der Waals surface area contributed by atoms with Crippen LogP contribution in [0.3, 0.4) is 0 Å². The lowest BCUT2D eigenvalue weighted by Gasteiger charge is -2.32. The van der Waals surface area contributed by atoms with Crippen molar-refractivity contribution in [3.63, 3.8) is 0 Å². The van der Waals surface area contributed by atoms with E-state index in [2.05, 4.69) is 5.10 Å². The van der Waals surface area contributed by atoms with Crippen LogP contribution in [0.4, 0.5) is 0 Å². The van der Waals surface area contributed by atoms with Crippen molar-refractivity contribution in [1.29, 1.82) is 0 Å². The van der Waals surface area contributed by atoms with Crippen LogP contribution in [0.15, 0.2) is 144 Å². The second-order valence-corrected chi connectivity index (χ2v) is 16.7. The number of carboxylic acid groups (broad SMARTS) is 1. The van der Waals surface area contributed by atoms with Crippen LogP contribution in [0.25, 0.3) is 21.9 Å². The number of aryl methyl sites for hydroxylation is 1. The highest BCUT2D eigenvalue weighted by molar-refractivity contribution is 6.32. The van der Waals surface area contributed by atoms with Gasteiger partial charge in [0.25, 0.3) is 5.56 Å². The maximum absolute atomic E-state index is 15.8. The SMILES string of the molecule is COc1c2c(c(OCc3ccccc3)c3c1C(=O)c1c(cc(OCc4ccccc4)c(C)c1OCc1ccccc1)C3=O)-c1c(cc3cnn(CC(=O)O)c(=O)c3c1OCc1ccccc1)CC2. The molecule has 0 saturated carbocycles. The molecule has 0 atom stereocenters. The van der Waals surface area contributed by atoms with Gasteiger partial charge in [0.2, 0.25) is 5.78 Å². The van der Waals surface area contributed by atoms with E-state index in [-0.39, 0.29) is 77.1 Å². The van der Waals surface area contributed by atoms with E-state index in [9.17, 15) is 14.7 Å². The fraction of sp³-hybridized carbons (Fsp3) is 0.161. The summed E-state index contributed by atoms with van der Waals surface area (Å²) < 4.78 is 33.8. The molecule has 0 amide bonds. The summed E-state index contributed by atoms with van der Waals surface area (Å²) in [5, 5.41) is 14.5. The fourth-order valence-electron chi connectivity index (χ4n) is 9.20. The van der Waals surface area contributed by atoms with E-state index in [0.717, 1.165) is 32.5 Å². The molecule has 8 aromatic rings. The van der Waals surface area contributed by atoms with E-state index in [4.69, 9.17) is 23.7 Å². The van der Waals surface area contributed by atoms with Crippen LogP contribution in [0.1, 0.15) is 70.8 Å². The van der Waals surface area contributed by atoms with Crippen molar-refractivity contribution < 1.29 is 43.2 Å². The summed E-state index contributed by atoms with van der Waals surface area (Å²) in [4.78, 5) is 57.8. The number of aromatic nitrogens is 2. The molecule has 0 unspecified atom stereocenters. The number of benzene rings is 7. The van der Waals surface area contributed by atoms with Crippen molar-refractivity contribution in [2.24, 2.45) is 0 Å². The second kappa shape index (κ2) is 18.4. The van der Waals surface area contributed by atoms with Gasteiger partial charge in [-0.1, -0.05) is 121 Å². The maximum atomic E-state index is 15.8. The Kier molecular flexibility index (Phi) is 11.7. The minimum Gasteiger partial charge on any atom is -0.496 e. The first kappa shape index (κ1) is 43.4. The number of methoxy groups -OCH3 is 1. The topological polar surface area (TPSA) is 152 Å². The predicted molar refractivity (Wildman–Crippen MR) is 254 cm³/mol. The standard InChI is InChI=1S/C56H44N2O10/c1-33-42(65-29-34-15-7-3-8-16-34)26-41-47(52(33)66-30-35-17-9-4-10-18-35)51(62)49-48(50(41)61)55(68-32-37-21-13-6-14-22-37)46-40(53(49)64-2)24-23-38-25-39-27-57-58(28-43(59)60)56(63)45(39)54(44(38)46)67-31-36-19-11-5-12-20-36/h3-22,25-27H,23-24,28-32H2,1-2H3,(H,59,60). The molecule has 0 fully saturated rings. The molecule has 0 bridgehead atoms. The molecule has 12 heteroatoms. The quantitative estimate of drug-likeness (QED) is 0.105. The van der Waals surface area contributed by atoms with Gasteiger partial charge in [0.1, 0.15) is 61.7 Å². The number of carboxylic acids is 1. The van der Waals surface area contributed by atoms with Gasteiger partial charge in [-0.15, -0.1) is 0 Å². The van der Waals surface area contributed by atoms with E-state index >= 15 is 9.59 Å². The zero-order valence-electron chi connectivity index (χ0n) is 37.2. The van der Waals surface area contributed by atoms with E-state index in [1.807, 2.05) is 134 Å². The van der Waals surface area contributed by atoms with E-state index < -0.39 is 29.6 Å². The summed E-state index contributed by atoms with van der Waals surface area (Å²) in [6.07, 6.45) is 2.22. The maximum Gasteiger partial charge on any atom is 0.325 e.